The van der Waals surface area contributed by atoms with Gasteiger partial charge in [-0.25, -0.2) is 4.79 Å². The monoisotopic (exact) mass is 165 g/mol. The molecular formula is C8H7NO3. The van der Waals surface area contributed by atoms with E-state index >= 15 is 0 Å². The molecule has 0 saturated carbocycles. The maximum atomic E-state index is 10.2. The number of esters is 2. The molecule has 0 spiro atoms. The van der Waals surface area contributed by atoms with Crippen LogP contribution in [0.5, 0.6) is 0 Å². The second-order valence-corrected chi connectivity index (χ2v) is 1.88. The van der Waals surface area contributed by atoms with Crippen LogP contribution >= 0.6 is 0 Å². The molecule has 0 aliphatic carbocycles. The standard InChI is InChI=1S/C5H4O3.C3H3N/c1-3-2-4(6)8-5(3)7;1-2-3-4/h1-2H2;2H,1H2. The molecule has 12 heavy (non-hydrogen) atoms. The number of rotatable bonds is 0. The van der Waals surface area contributed by atoms with Gasteiger partial charge in [-0.2, -0.15) is 5.26 Å². The summed E-state index contributed by atoms with van der Waals surface area (Å²) in [6.07, 6.45) is 1.23. The summed E-state index contributed by atoms with van der Waals surface area (Å²) in [5.74, 6) is -1.09. The highest BCUT2D eigenvalue weighted by Crippen LogP contribution is 2.10. The Kier molecular flexibility index (Phi) is 4.09. The van der Waals surface area contributed by atoms with Crippen LogP contribution in [0.3, 0.4) is 0 Å². The first-order valence-electron chi connectivity index (χ1n) is 3.05. The minimum Gasteiger partial charge on any atom is -0.389 e. The highest BCUT2D eigenvalue weighted by molar-refractivity contribution is 6.05. The lowest BCUT2D eigenvalue weighted by atomic mass is 10.3. The van der Waals surface area contributed by atoms with Crippen molar-refractivity contribution in [3.8, 4) is 6.07 Å². The van der Waals surface area contributed by atoms with Crippen LogP contribution in [-0.2, 0) is 14.3 Å². The van der Waals surface area contributed by atoms with Crippen LogP contribution in [0.15, 0.2) is 24.8 Å². The van der Waals surface area contributed by atoms with Crippen LogP contribution in [0.4, 0.5) is 0 Å². The van der Waals surface area contributed by atoms with Crippen LogP contribution in [0.1, 0.15) is 6.42 Å². The van der Waals surface area contributed by atoms with Crippen LogP contribution in [0.2, 0.25) is 0 Å². The van der Waals surface area contributed by atoms with Crippen LogP contribution in [-0.4, -0.2) is 11.9 Å². The molecule has 0 bridgehead atoms. The molecule has 0 amide bonds. The highest BCUT2D eigenvalue weighted by Gasteiger charge is 2.24. The van der Waals surface area contributed by atoms with E-state index in [0.717, 1.165) is 0 Å². The summed E-state index contributed by atoms with van der Waals surface area (Å²) in [5.41, 5.74) is 0.245. The summed E-state index contributed by atoms with van der Waals surface area (Å²) in [4.78, 5) is 20.4. The Bertz CT molecular complexity index is 255. The lowest BCUT2D eigenvalue weighted by Gasteiger charge is -1.80. The van der Waals surface area contributed by atoms with Gasteiger partial charge >= 0.3 is 11.9 Å². The number of ether oxygens (including phenoxy) is 1. The van der Waals surface area contributed by atoms with Gasteiger partial charge in [0.05, 0.1) is 12.5 Å². The first-order valence-corrected chi connectivity index (χ1v) is 3.05. The molecule has 0 aromatic heterocycles. The second kappa shape index (κ2) is 4.85. The first kappa shape index (κ1) is 10.1. The fourth-order valence-electron chi connectivity index (χ4n) is 0.458. The summed E-state index contributed by atoms with van der Waals surface area (Å²) in [5, 5.41) is 7.51. The number of hydrogen-bond donors (Lipinski definition) is 0. The summed E-state index contributed by atoms with van der Waals surface area (Å²) < 4.78 is 4.10. The largest absolute Gasteiger partial charge is 0.389 e. The van der Waals surface area contributed by atoms with Gasteiger partial charge in [-0.05, 0) is 0 Å². The lowest BCUT2D eigenvalue weighted by Crippen LogP contribution is -1.95. The van der Waals surface area contributed by atoms with Crippen molar-refractivity contribution in [1.82, 2.24) is 0 Å². The van der Waals surface area contributed by atoms with E-state index in [0.29, 0.717) is 0 Å². The minimum absolute atomic E-state index is 0.0544. The molecule has 1 aliphatic rings. The van der Waals surface area contributed by atoms with Gasteiger partial charge in [0.25, 0.3) is 0 Å². The lowest BCUT2D eigenvalue weighted by molar-refractivity contribution is -0.151. The highest BCUT2D eigenvalue weighted by atomic mass is 16.6. The van der Waals surface area contributed by atoms with Gasteiger partial charge in [-0.3, -0.25) is 4.79 Å². The molecule has 1 fully saturated rings. The number of allylic oxidation sites excluding steroid dienone is 1. The van der Waals surface area contributed by atoms with Gasteiger partial charge in [-0.1, -0.05) is 13.2 Å². The van der Waals surface area contributed by atoms with E-state index in [4.69, 9.17) is 5.26 Å². The summed E-state index contributed by atoms with van der Waals surface area (Å²) in [6, 6.07) is 1.69. The molecule has 62 valence electrons. The van der Waals surface area contributed by atoms with Crippen molar-refractivity contribution in [3.05, 3.63) is 24.8 Å². The van der Waals surface area contributed by atoms with Crippen molar-refractivity contribution in [2.45, 2.75) is 6.42 Å². The fraction of sp³-hybridized carbons (Fsp3) is 0.125. The third kappa shape index (κ3) is 3.32. The third-order valence-corrected chi connectivity index (χ3v) is 0.944. The van der Waals surface area contributed by atoms with Gasteiger partial charge in [0.1, 0.15) is 0 Å². The van der Waals surface area contributed by atoms with Gasteiger partial charge in [0.2, 0.25) is 0 Å². The molecule has 4 heteroatoms. The zero-order chi connectivity index (χ0) is 9.56. The molecular weight excluding hydrogens is 158 g/mol. The predicted octanol–water partition coefficient (Wildman–Crippen LogP) is 0.712. The summed E-state index contributed by atoms with van der Waals surface area (Å²) >= 11 is 0. The number of nitrogens with zero attached hydrogens (tertiary/aromatic N) is 1. The van der Waals surface area contributed by atoms with Crippen molar-refractivity contribution in [3.63, 3.8) is 0 Å². The van der Waals surface area contributed by atoms with Crippen LogP contribution in [0.25, 0.3) is 0 Å². The molecule has 1 saturated heterocycles. The van der Waals surface area contributed by atoms with E-state index in [1.165, 1.54) is 6.08 Å². The molecule has 1 heterocycles. The number of carbonyl (C=O) groups excluding carboxylic acids is 2. The minimum atomic E-state index is -0.588. The predicted molar refractivity (Wildman–Crippen MR) is 40.7 cm³/mol. The molecule has 0 aromatic rings. The van der Waals surface area contributed by atoms with Crippen LogP contribution < -0.4 is 0 Å². The number of nitriles is 1. The molecule has 0 unspecified atom stereocenters. The summed E-state index contributed by atoms with van der Waals surface area (Å²) in [7, 11) is 0. The SMILES string of the molecule is C=C1CC(=O)OC1=O.C=CC#N. The topological polar surface area (TPSA) is 67.2 Å². The number of cyclic esters (lactones) is 2. The quantitative estimate of drug-likeness (QED) is 0.229. The number of carbonyl (C=O) groups is 2. The van der Waals surface area contributed by atoms with E-state index in [1.54, 1.807) is 6.07 Å². The van der Waals surface area contributed by atoms with Gasteiger partial charge in [0, 0.05) is 11.6 Å². The van der Waals surface area contributed by atoms with Gasteiger partial charge < -0.3 is 4.74 Å². The Morgan fingerprint density at radius 2 is 2.08 bits per heavy atom. The zero-order valence-corrected chi connectivity index (χ0v) is 6.37. The Hall–Kier alpha value is -1.89. The van der Waals surface area contributed by atoms with E-state index in [9.17, 15) is 9.59 Å². The van der Waals surface area contributed by atoms with Crippen molar-refractivity contribution in [2.24, 2.45) is 0 Å². The Balaban J connectivity index is 0.000000261. The van der Waals surface area contributed by atoms with Crippen molar-refractivity contribution < 1.29 is 14.3 Å². The van der Waals surface area contributed by atoms with E-state index in [-0.39, 0.29) is 12.0 Å². The maximum Gasteiger partial charge on any atom is 0.341 e. The molecule has 1 aliphatic heterocycles. The van der Waals surface area contributed by atoms with Gasteiger partial charge in [-0.15, -0.1) is 0 Å². The first-order chi connectivity index (χ1) is 5.61. The molecule has 0 radical (unpaired) electrons. The van der Waals surface area contributed by atoms with Crippen LogP contribution in [0, 0.1) is 11.3 Å². The molecule has 0 N–H and O–H groups in total. The van der Waals surface area contributed by atoms with E-state index in [1.807, 2.05) is 0 Å². The molecule has 0 aromatic carbocycles. The van der Waals surface area contributed by atoms with E-state index in [2.05, 4.69) is 17.9 Å². The van der Waals surface area contributed by atoms with Crippen molar-refractivity contribution >= 4 is 11.9 Å². The van der Waals surface area contributed by atoms with E-state index < -0.39 is 11.9 Å². The molecule has 4 nitrogen and oxygen atoms in total. The second-order valence-electron chi connectivity index (χ2n) is 1.88. The molecule has 1 rings (SSSR count). The zero-order valence-electron chi connectivity index (χ0n) is 6.37. The maximum absolute atomic E-state index is 10.2. The Labute approximate surface area is 69.7 Å². The average molecular weight is 165 g/mol. The van der Waals surface area contributed by atoms with Gasteiger partial charge in [0.15, 0.2) is 0 Å². The Morgan fingerprint density at radius 3 is 2.17 bits per heavy atom. The fourth-order valence-corrected chi connectivity index (χ4v) is 0.458. The summed E-state index contributed by atoms with van der Waals surface area (Å²) in [6.45, 7) is 6.41. The average Bonchev–Trinajstić information content (AvgIpc) is 2.30. The third-order valence-electron chi connectivity index (χ3n) is 0.944. The molecule has 0 atom stereocenters. The smallest absolute Gasteiger partial charge is 0.341 e. The normalized spacial score (nSPS) is 14.1. The Morgan fingerprint density at radius 1 is 1.58 bits per heavy atom. The number of hydrogen-bond acceptors (Lipinski definition) is 4. The van der Waals surface area contributed by atoms with Crippen molar-refractivity contribution in [1.29, 1.82) is 5.26 Å². The van der Waals surface area contributed by atoms with Crippen molar-refractivity contribution in [2.75, 3.05) is 0 Å².